The zero-order chi connectivity index (χ0) is 17.0. The molecule has 0 aliphatic heterocycles. The van der Waals surface area contributed by atoms with Crippen LogP contribution >= 0.6 is 0 Å². The first-order chi connectivity index (χ1) is 10.7. The van der Waals surface area contributed by atoms with Crippen molar-refractivity contribution >= 4 is 17.4 Å². The van der Waals surface area contributed by atoms with Crippen molar-refractivity contribution < 1.29 is 14.3 Å². The summed E-state index contributed by atoms with van der Waals surface area (Å²) in [6.45, 7) is 7.87. The van der Waals surface area contributed by atoms with Gasteiger partial charge in [0.2, 0.25) is 0 Å². The van der Waals surface area contributed by atoms with E-state index in [1.807, 2.05) is 45.9 Å². The summed E-state index contributed by atoms with van der Waals surface area (Å²) < 4.78 is 5.53. The molecule has 1 aliphatic rings. The Kier molecular flexibility index (Phi) is 5.19. The van der Waals surface area contributed by atoms with Crippen molar-refractivity contribution in [1.29, 1.82) is 0 Å². The molecule has 23 heavy (non-hydrogen) atoms. The number of aryl methyl sites for hydroxylation is 2. The zero-order valence-corrected chi connectivity index (χ0v) is 14.2. The molecule has 0 bridgehead atoms. The monoisotopic (exact) mass is 316 g/mol. The lowest BCUT2D eigenvalue weighted by atomic mass is 9.76. The second-order valence-electron chi connectivity index (χ2n) is 7.00. The number of rotatable bonds is 4. The van der Waals surface area contributed by atoms with Crippen LogP contribution in [0.25, 0.3) is 0 Å². The van der Waals surface area contributed by atoms with E-state index in [1.165, 1.54) is 0 Å². The highest BCUT2D eigenvalue weighted by atomic mass is 16.5. The van der Waals surface area contributed by atoms with Crippen molar-refractivity contribution in [3.05, 3.63) is 29.3 Å². The summed E-state index contributed by atoms with van der Waals surface area (Å²) in [7, 11) is 0. The number of hydrogen-bond acceptors (Lipinski definition) is 4. The molecule has 1 fully saturated rings. The summed E-state index contributed by atoms with van der Waals surface area (Å²) in [6.07, 6.45) is 1.61. The molecule has 2 rings (SSSR count). The average Bonchev–Trinajstić information content (AvgIpc) is 2.44. The highest BCUT2D eigenvalue weighted by Crippen LogP contribution is 2.31. The van der Waals surface area contributed by atoms with E-state index in [2.05, 4.69) is 10.5 Å². The van der Waals surface area contributed by atoms with Crippen LogP contribution in [0.3, 0.4) is 0 Å². The van der Waals surface area contributed by atoms with E-state index in [-0.39, 0.29) is 23.7 Å². The van der Waals surface area contributed by atoms with Crippen LogP contribution in [0, 0.1) is 19.3 Å². The summed E-state index contributed by atoms with van der Waals surface area (Å²) in [6, 6.07) is 5.85. The highest BCUT2D eigenvalue weighted by Gasteiger charge is 2.30. The molecule has 1 aromatic rings. The van der Waals surface area contributed by atoms with Gasteiger partial charge in [-0.3, -0.25) is 9.59 Å². The summed E-state index contributed by atoms with van der Waals surface area (Å²) in [4.78, 5) is 23.6. The standard InChI is InChI=1S/C18H24N2O3/c1-12-5-6-13(2)16(7-12)23-11-17(22)20-19-14-8-15(21)10-18(3,4)9-14/h5-7H,8-11H2,1-4H3,(H,20,22). The van der Waals surface area contributed by atoms with Crippen molar-refractivity contribution in [2.75, 3.05) is 6.61 Å². The summed E-state index contributed by atoms with van der Waals surface area (Å²) in [5.74, 6) is 0.539. The van der Waals surface area contributed by atoms with Crippen molar-refractivity contribution in [2.45, 2.75) is 47.0 Å². The van der Waals surface area contributed by atoms with Crippen LogP contribution in [0.4, 0.5) is 0 Å². The molecule has 0 atom stereocenters. The quantitative estimate of drug-likeness (QED) is 0.868. The first-order valence-electron chi connectivity index (χ1n) is 7.81. The first kappa shape index (κ1) is 17.2. The van der Waals surface area contributed by atoms with Crippen LogP contribution in [0.2, 0.25) is 0 Å². The Morgan fingerprint density at radius 1 is 1.30 bits per heavy atom. The summed E-state index contributed by atoms with van der Waals surface area (Å²) in [5, 5.41) is 4.10. The fourth-order valence-electron chi connectivity index (χ4n) is 2.76. The van der Waals surface area contributed by atoms with Crippen LogP contribution in [-0.2, 0) is 9.59 Å². The maximum absolute atomic E-state index is 11.9. The fraction of sp³-hybridized carbons (Fsp3) is 0.500. The SMILES string of the molecule is Cc1ccc(C)c(OCC(=O)NN=C2CC(=O)CC(C)(C)C2)c1. The largest absolute Gasteiger partial charge is 0.483 e. The molecule has 5 nitrogen and oxygen atoms in total. The van der Waals surface area contributed by atoms with Gasteiger partial charge in [-0.1, -0.05) is 26.0 Å². The number of benzene rings is 1. The normalized spacial score (nSPS) is 18.8. The minimum absolute atomic E-state index is 0.0892. The van der Waals surface area contributed by atoms with Crippen molar-refractivity contribution in [1.82, 2.24) is 5.43 Å². The van der Waals surface area contributed by atoms with E-state index in [1.54, 1.807) is 0 Å². The second-order valence-corrected chi connectivity index (χ2v) is 7.00. The van der Waals surface area contributed by atoms with E-state index < -0.39 is 0 Å². The Balaban J connectivity index is 1.89. The molecule has 0 unspecified atom stereocenters. The van der Waals surface area contributed by atoms with Gasteiger partial charge in [0, 0.05) is 18.6 Å². The Labute approximate surface area is 137 Å². The van der Waals surface area contributed by atoms with Crippen molar-refractivity contribution in [3.8, 4) is 5.75 Å². The molecule has 0 heterocycles. The molecule has 0 saturated heterocycles. The topological polar surface area (TPSA) is 67.8 Å². The number of carbonyl (C=O) groups excluding carboxylic acids is 2. The molecule has 1 aromatic carbocycles. The van der Waals surface area contributed by atoms with Crippen LogP contribution in [-0.4, -0.2) is 24.0 Å². The number of amides is 1. The second kappa shape index (κ2) is 6.94. The molecule has 0 aromatic heterocycles. The molecule has 0 spiro atoms. The minimum Gasteiger partial charge on any atom is -0.483 e. The number of nitrogens with zero attached hydrogens (tertiary/aromatic N) is 1. The molecule has 124 valence electrons. The van der Waals surface area contributed by atoms with Gasteiger partial charge in [-0.15, -0.1) is 0 Å². The summed E-state index contributed by atoms with van der Waals surface area (Å²) in [5.41, 5.74) is 5.18. The number of ether oxygens (including phenoxy) is 1. The lowest BCUT2D eigenvalue weighted by molar-refractivity contribution is -0.123. The third-order valence-corrected chi connectivity index (χ3v) is 3.80. The molecular formula is C18H24N2O3. The molecule has 1 aliphatic carbocycles. The Morgan fingerprint density at radius 2 is 2.04 bits per heavy atom. The van der Waals surface area contributed by atoms with Gasteiger partial charge < -0.3 is 4.74 Å². The van der Waals surface area contributed by atoms with Gasteiger partial charge in [0.15, 0.2) is 6.61 Å². The van der Waals surface area contributed by atoms with Gasteiger partial charge in [0.05, 0.1) is 0 Å². The van der Waals surface area contributed by atoms with Gasteiger partial charge in [-0.25, -0.2) is 5.43 Å². The molecule has 1 N–H and O–H groups in total. The van der Waals surface area contributed by atoms with E-state index >= 15 is 0 Å². The number of Topliss-reactive ketones (excluding diaryl/α,β-unsaturated/α-hetero) is 1. The fourth-order valence-corrected chi connectivity index (χ4v) is 2.76. The van der Waals surface area contributed by atoms with Crippen LogP contribution < -0.4 is 10.2 Å². The smallest absolute Gasteiger partial charge is 0.277 e. The molecule has 1 amide bonds. The minimum atomic E-state index is -0.325. The van der Waals surface area contributed by atoms with Crippen LogP contribution in [0.15, 0.2) is 23.3 Å². The third-order valence-electron chi connectivity index (χ3n) is 3.80. The Bertz CT molecular complexity index is 648. The van der Waals surface area contributed by atoms with Crippen molar-refractivity contribution in [3.63, 3.8) is 0 Å². The lowest BCUT2D eigenvalue weighted by Crippen LogP contribution is -2.32. The molecule has 1 saturated carbocycles. The van der Waals surface area contributed by atoms with Crippen LogP contribution in [0.5, 0.6) is 5.75 Å². The third kappa shape index (κ3) is 5.20. The van der Waals surface area contributed by atoms with Gasteiger partial charge in [0.1, 0.15) is 11.5 Å². The predicted molar refractivity (Wildman–Crippen MR) is 89.6 cm³/mol. The first-order valence-corrected chi connectivity index (χ1v) is 7.81. The number of carbonyl (C=O) groups is 2. The van der Waals surface area contributed by atoms with E-state index in [9.17, 15) is 9.59 Å². The Hall–Kier alpha value is -2.17. The highest BCUT2D eigenvalue weighted by molar-refractivity contribution is 6.05. The van der Waals surface area contributed by atoms with Crippen LogP contribution in [0.1, 0.15) is 44.2 Å². The predicted octanol–water partition coefficient (Wildman–Crippen LogP) is 2.93. The van der Waals surface area contributed by atoms with E-state index in [4.69, 9.17) is 4.74 Å². The maximum Gasteiger partial charge on any atom is 0.277 e. The van der Waals surface area contributed by atoms with Gasteiger partial charge in [-0.2, -0.15) is 5.10 Å². The van der Waals surface area contributed by atoms with E-state index in [0.29, 0.717) is 18.6 Å². The zero-order valence-electron chi connectivity index (χ0n) is 14.2. The number of nitrogens with one attached hydrogen (secondary N) is 1. The van der Waals surface area contributed by atoms with E-state index in [0.717, 1.165) is 23.3 Å². The molecule has 5 heteroatoms. The number of hydrazone groups is 1. The Morgan fingerprint density at radius 3 is 2.74 bits per heavy atom. The number of ketones is 1. The molecular weight excluding hydrogens is 292 g/mol. The summed E-state index contributed by atoms with van der Waals surface area (Å²) >= 11 is 0. The van der Waals surface area contributed by atoms with Gasteiger partial charge >= 0.3 is 0 Å². The maximum atomic E-state index is 11.9. The van der Waals surface area contributed by atoms with Gasteiger partial charge in [0.25, 0.3) is 5.91 Å². The molecule has 0 radical (unpaired) electrons. The lowest BCUT2D eigenvalue weighted by Gasteiger charge is -2.28. The van der Waals surface area contributed by atoms with Crippen molar-refractivity contribution in [2.24, 2.45) is 10.5 Å². The van der Waals surface area contributed by atoms with Gasteiger partial charge in [-0.05, 0) is 42.9 Å². The number of hydrogen-bond donors (Lipinski definition) is 1. The average molecular weight is 316 g/mol.